The van der Waals surface area contributed by atoms with E-state index in [0.29, 0.717) is 54.4 Å². The van der Waals surface area contributed by atoms with Gasteiger partial charge in [-0.25, -0.2) is 13.1 Å². The summed E-state index contributed by atoms with van der Waals surface area (Å²) >= 11 is 0. The molecule has 9 heteroatoms. The summed E-state index contributed by atoms with van der Waals surface area (Å²) in [5.74, 6) is -0.346. The van der Waals surface area contributed by atoms with E-state index in [4.69, 9.17) is 5.73 Å². The van der Waals surface area contributed by atoms with Crippen LogP contribution in [0.4, 0.5) is 5.69 Å². The van der Waals surface area contributed by atoms with Gasteiger partial charge in [0, 0.05) is 41.2 Å². The van der Waals surface area contributed by atoms with Crippen molar-refractivity contribution < 1.29 is 18.0 Å². The number of fused-ring (bicyclic) bond motifs is 1. The number of hydrogen-bond donors (Lipinski definition) is 3. The number of nitrogens with zero attached hydrogens (tertiary/aromatic N) is 1. The van der Waals surface area contributed by atoms with Gasteiger partial charge in [0.25, 0.3) is 5.91 Å². The molecule has 3 aromatic rings. The molecule has 4 N–H and O–H groups in total. The third-order valence-electron chi connectivity index (χ3n) is 7.53. The van der Waals surface area contributed by atoms with Crippen molar-refractivity contribution in [2.45, 2.75) is 49.6 Å². The second-order valence-corrected chi connectivity index (χ2v) is 12.0. The molecular formula is C28H32N4O4S. The number of anilines is 1. The lowest BCUT2D eigenvalue weighted by Gasteiger charge is -2.38. The van der Waals surface area contributed by atoms with Crippen LogP contribution in [-0.4, -0.2) is 49.8 Å². The van der Waals surface area contributed by atoms with Crippen molar-refractivity contribution >= 4 is 38.3 Å². The van der Waals surface area contributed by atoms with Gasteiger partial charge >= 0.3 is 0 Å². The van der Waals surface area contributed by atoms with Gasteiger partial charge in [-0.3, -0.25) is 9.59 Å². The zero-order valence-corrected chi connectivity index (χ0v) is 21.8. The fourth-order valence-electron chi connectivity index (χ4n) is 5.06. The van der Waals surface area contributed by atoms with E-state index < -0.39 is 15.6 Å². The van der Waals surface area contributed by atoms with Crippen molar-refractivity contribution in [1.29, 1.82) is 0 Å². The highest BCUT2D eigenvalue weighted by Gasteiger charge is 2.49. The van der Waals surface area contributed by atoms with Crippen LogP contribution >= 0.6 is 0 Å². The highest BCUT2D eigenvalue weighted by Crippen LogP contribution is 2.36. The molecule has 0 aromatic heterocycles. The van der Waals surface area contributed by atoms with E-state index in [0.717, 1.165) is 5.56 Å². The Labute approximate surface area is 217 Å². The summed E-state index contributed by atoms with van der Waals surface area (Å²) < 4.78 is 30.0. The van der Waals surface area contributed by atoms with Crippen LogP contribution in [0.5, 0.6) is 0 Å². The van der Waals surface area contributed by atoms with Gasteiger partial charge in [0.2, 0.25) is 15.9 Å². The van der Waals surface area contributed by atoms with Crippen LogP contribution in [0.2, 0.25) is 0 Å². The maximum atomic E-state index is 13.5. The van der Waals surface area contributed by atoms with E-state index in [1.807, 2.05) is 38.1 Å². The number of rotatable bonds is 6. The minimum Gasteiger partial charge on any atom is -0.341 e. The van der Waals surface area contributed by atoms with E-state index in [-0.39, 0.29) is 28.7 Å². The molecule has 0 radical (unpaired) electrons. The molecule has 2 fully saturated rings. The average molecular weight is 521 g/mol. The molecule has 2 aliphatic rings. The molecule has 2 unspecified atom stereocenters. The van der Waals surface area contributed by atoms with Crippen LogP contribution in [-0.2, 0) is 14.8 Å². The van der Waals surface area contributed by atoms with Crippen molar-refractivity contribution in [3.05, 3.63) is 71.8 Å². The molecule has 0 bridgehead atoms. The Kier molecular flexibility index (Phi) is 6.55. The molecule has 3 aromatic carbocycles. The summed E-state index contributed by atoms with van der Waals surface area (Å²) in [7, 11) is -3.87. The van der Waals surface area contributed by atoms with E-state index in [9.17, 15) is 18.0 Å². The summed E-state index contributed by atoms with van der Waals surface area (Å²) in [6, 6.07) is 17.3. The van der Waals surface area contributed by atoms with Crippen molar-refractivity contribution in [3.8, 4) is 0 Å². The summed E-state index contributed by atoms with van der Waals surface area (Å²) in [4.78, 5) is 27.5. The SMILES string of the molecule is Cc1ccccc1C(=O)Nc1ccc(S(=O)(=O)NC2CCN(C(=O)C3(N)CC3)CC2C)c2ccccc12. The summed E-state index contributed by atoms with van der Waals surface area (Å²) in [6.07, 6.45) is 1.94. The number of hydrogen-bond acceptors (Lipinski definition) is 5. The highest BCUT2D eigenvalue weighted by molar-refractivity contribution is 7.89. The summed E-state index contributed by atoms with van der Waals surface area (Å²) in [5, 5.41) is 4.10. The quantitative estimate of drug-likeness (QED) is 0.460. The van der Waals surface area contributed by atoms with Gasteiger partial charge in [0.05, 0.1) is 10.4 Å². The molecule has 37 heavy (non-hydrogen) atoms. The Morgan fingerprint density at radius 2 is 1.68 bits per heavy atom. The summed E-state index contributed by atoms with van der Waals surface area (Å²) in [6.45, 7) is 4.76. The predicted molar refractivity (Wildman–Crippen MR) is 144 cm³/mol. The first-order valence-corrected chi connectivity index (χ1v) is 14.1. The normalized spacial score (nSPS) is 21.0. The van der Waals surface area contributed by atoms with Crippen LogP contribution < -0.4 is 15.8 Å². The first-order valence-electron chi connectivity index (χ1n) is 12.6. The molecule has 2 amide bonds. The predicted octanol–water partition coefficient (Wildman–Crippen LogP) is 3.41. The number of likely N-dealkylation sites (tertiary alicyclic amines) is 1. The van der Waals surface area contributed by atoms with E-state index in [2.05, 4.69) is 10.0 Å². The molecule has 2 atom stereocenters. The molecule has 1 saturated carbocycles. The number of piperidine rings is 1. The molecule has 194 valence electrons. The lowest BCUT2D eigenvalue weighted by molar-refractivity contribution is -0.135. The number of benzene rings is 3. The van der Waals surface area contributed by atoms with Gasteiger partial charge in [-0.1, -0.05) is 49.4 Å². The van der Waals surface area contributed by atoms with Crippen LogP contribution in [0.15, 0.2) is 65.6 Å². The third-order valence-corrected chi connectivity index (χ3v) is 9.07. The standard InChI is InChI=1S/C28H32N4O4S/c1-18-7-3-4-8-20(18)26(33)30-24-11-12-25(22-10-6-5-9-21(22)24)37(35,36)31-23-13-16-32(17-19(23)2)27(34)28(29)14-15-28/h3-12,19,23,31H,13-17,29H2,1-2H3,(H,30,33). The monoisotopic (exact) mass is 520 g/mol. The maximum absolute atomic E-state index is 13.5. The Morgan fingerprint density at radius 3 is 2.35 bits per heavy atom. The largest absolute Gasteiger partial charge is 0.341 e. The van der Waals surface area contributed by atoms with Crippen LogP contribution in [0.3, 0.4) is 0 Å². The Bertz CT molecular complexity index is 1480. The van der Waals surface area contributed by atoms with Crippen molar-refractivity contribution in [2.75, 3.05) is 18.4 Å². The average Bonchev–Trinajstić information content (AvgIpc) is 3.63. The van der Waals surface area contributed by atoms with Crippen LogP contribution in [0.1, 0.15) is 42.1 Å². The smallest absolute Gasteiger partial charge is 0.255 e. The highest BCUT2D eigenvalue weighted by atomic mass is 32.2. The Balaban J connectivity index is 1.37. The van der Waals surface area contributed by atoms with Crippen LogP contribution in [0.25, 0.3) is 10.8 Å². The number of nitrogens with one attached hydrogen (secondary N) is 2. The molecule has 1 heterocycles. The molecule has 1 saturated heterocycles. The lowest BCUT2D eigenvalue weighted by atomic mass is 9.94. The first-order chi connectivity index (χ1) is 17.6. The minimum absolute atomic E-state index is 0.0324. The van der Waals surface area contributed by atoms with Crippen molar-refractivity contribution in [3.63, 3.8) is 0 Å². The molecule has 0 spiro atoms. The second kappa shape index (κ2) is 9.55. The maximum Gasteiger partial charge on any atom is 0.255 e. The minimum atomic E-state index is -3.87. The molecule has 1 aliphatic heterocycles. The number of aryl methyl sites for hydroxylation is 1. The molecule has 5 rings (SSSR count). The first kappa shape index (κ1) is 25.4. The number of carbonyl (C=O) groups excluding carboxylic acids is 2. The number of nitrogens with two attached hydrogens (primary N) is 1. The Morgan fingerprint density at radius 1 is 1.00 bits per heavy atom. The molecule has 8 nitrogen and oxygen atoms in total. The molecule has 1 aliphatic carbocycles. The summed E-state index contributed by atoms with van der Waals surface area (Å²) in [5.41, 5.74) is 7.32. The zero-order valence-electron chi connectivity index (χ0n) is 21.0. The second-order valence-electron chi connectivity index (χ2n) is 10.3. The van der Waals surface area contributed by atoms with E-state index >= 15 is 0 Å². The van der Waals surface area contributed by atoms with Gasteiger partial charge in [-0.15, -0.1) is 0 Å². The number of amides is 2. The van der Waals surface area contributed by atoms with Gasteiger partial charge < -0.3 is 16.0 Å². The topological polar surface area (TPSA) is 122 Å². The third kappa shape index (κ3) is 4.99. The van der Waals surface area contributed by atoms with E-state index in [1.165, 1.54) is 6.07 Å². The number of sulfonamides is 1. The van der Waals surface area contributed by atoms with Crippen LogP contribution in [0, 0.1) is 12.8 Å². The molecular weight excluding hydrogens is 488 g/mol. The Hall–Kier alpha value is -3.27. The van der Waals surface area contributed by atoms with Gasteiger partial charge in [-0.2, -0.15) is 0 Å². The fraction of sp³-hybridized carbons (Fsp3) is 0.357. The van der Waals surface area contributed by atoms with Crippen molar-refractivity contribution in [1.82, 2.24) is 9.62 Å². The van der Waals surface area contributed by atoms with Gasteiger partial charge in [0.1, 0.15) is 0 Å². The fourth-order valence-corrected chi connectivity index (χ4v) is 6.65. The number of carbonyl (C=O) groups is 2. The zero-order chi connectivity index (χ0) is 26.4. The van der Waals surface area contributed by atoms with Crippen molar-refractivity contribution in [2.24, 2.45) is 11.7 Å². The van der Waals surface area contributed by atoms with E-state index in [1.54, 1.807) is 35.2 Å². The van der Waals surface area contributed by atoms with Gasteiger partial charge in [-0.05, 0) is 55.9 Å². The van der Waals surface area contributed by atoms with Gasteiger partial charge in [0.15, 0.2) is 0 Å². The lowest BCUT2D eigenvalue weighted by Crippen LogP contribution is -2.55.